The van der Waals surface area contributed by atoms with Crippen molar-refractivity contribution in [1.82, 2.24) is 5.32 Å². The fourth-order valence-electron chi connectivity index (χ4n) is 3.61. The Bertz CT molecular complexity index is 758. The summed E-state index contributed by atoms with van der Waals surface area (Å²) in [6.45, 7) is -0.322. The maximum absolute atomic E-state index is 12.1. The van der Waals surface area contributed by atoms with Crippen LogP contribution in [0.2, 0.25) is 0 Å². The van der Waals surface area contributed by atoms with Crippen molar-refractivity contribution in [2.45, 2.75) is 38.1 Å². The van der Waals surface area contributed by atoms with Crippen LogP contribution in [0.5, 0.6) is 0 Å². The highest BCUT2D eigenvalue weighted by atomic mass is 32.2. The number of esters is 1. The molecule has 1 saturated heterocycles. The number of ether oxygens (including phenoxy) is 1. The second kappa shape index (κ2) is 7.56. The first-order valence-corrected chi connectivity index (χ1v) is 10.5. The van der Waals surface area contributed by atoms with Gasteiger partial charge in [-0.25, -0.2) is 8.42 Å². The molecule has 2 aliphatic rings. The zero-order chi connectivity index (χ0) is 17.9. The number of hydrogen-bond acceptors (Lipinski definition) is 5. The van der Waals surface area contributed by atoms with Crippen molar-refractivity contribution in [3.8, 4) is 0 Å². The van der Waals surface area contributed by atoms with E-state index in [1.54, 1.807) is 0 Å². The van der Waals surface area contributed by atoms with E-state index in [-0.39, 0.29) is 42.4 Å². The molecule has 1 aromatic carbocycles. The lowest BCUT2D eigenvalue weighted by molar-refractivity contribution is -0.149. The smallest absolute Gasteiger partial charge is 0.306 e. The van der Waals surface area contributed by atoms with E-state index in [2.05, 4.69) is 11.4 Å². The van der Waals surface area contributed by atoms with E-state index >= 15 is 0 Å². The van der Waals surface area contributed by atoms with Gasteiger partial charge in [-0.3, -0.25) is 9.59 Å². The third kappa shape index (κ3) is 4.81. The SMILES string of the molecule is O=C(COC(=O)C[C@H]1CCS(=O)(=O)C1)N[C@@H]1CCCc2ccccc21. The van der Waals surface area contributed by atoms with Gasteiger partial charge < -0.3 is 10.1 Å². The molecule has 0 unspecified atom stereocenters. The molecule has 0 bridgehead atoms. The number of carbonyl (C=O) groups is 2. The molecule has 0 aromatic heterocycles. The maximum Gasteiger partial charge on any atom is 0.306 e. The standard InChI is InChI=1S/C18H23NO5S/c20-17(11-24-18(21)10-13-8-9-25(22,23)12-13)19-16-7-3-5-14-4-1-2-6-15(14)16/h1-2,4,6,13,16H,3,5,7-12H2,(H,19,20)/t13-,16-/m1/s1. The molecule has 136 valence electrons. The summed E-state index contributed by atoms with van der Waals surface area (Å²) >= 11 is 0. The topological polar surface area (TPSA) is 89.5 Å². The minimum atomic E-state index is -3.01. The van der Waals surface area contributed by atoms with Crippen LogP contribution in [0.25, 0.3) is 0 Å². The molecular weight excluding hydrogens is 342 g/mol. The van der Waals surface area contributed by atoms with Gasteiger partial charge in [-0.05, 0) is 42.7 Å². The van der Waals surface area contributed by atoms with Gasteiger partial charge in [0.1, 0.15) is 0 Å². The van der Waals surface area contributed by atoms with E-state index < -0.39 is 15.8 Å². The average Bonchev–Trinajstić information content (AvgIpc) is 2.92. The number of hydrogen-bond donors (Lipinski definition) is 1. The third-order valence-corrected chi connectivity index (χ3v) is 6.69. The number of aryl methyl sites for hydroxylation is 1. The molecule has 0 saturated carbocycles. The minimum Gasteiger partial charge on any atom is -0.456 e. The molecule has 1 aromatic rings. The van der Waals surface area contributed by atoms with Gasteiger partial charge in [0, 0.05) is 6.42 Å². The van der Waals surface area contributed by atoms with Crippen LogP contribution >= 0.6 is 0 Å². The van der Waals surface area contributed by atoms with Gasteiger partial charge in [0.15, 0.2) is 16.4 Å². The Morgan fingerprint density at radius 2 is 2.00 bits per heavy atom. The summed E-state index contributed by atoms with van der Waals surface area (Å²) in [4.78, 5) is 23.9. The molecule has 0 spiro atoms. The van der Waals surface area contributed by atoms with E-state index in [4.69, 9.17) is 4.74 Å². The lowest BCUT2D eigenvalue weighted by Crippen LogP contribution is -2.34. The lowest BCUT2D eigenvalue weighted by atomic mass is 9.88. The van der Waals surface area contributed by atoms with Crippen molar-refractivity contribution in [2.24, 2.45) is 5.92 Å². The average molecular weight is 365 g/mol. The molecule has 7 heteroatoms. The van der Waals surface area contributed by atoms with E-state index in [0.717, 1.165) is 24.8 Å². The van der Waals surface area contributed by atoms with Crippen molar-refractivity contribution in [3.05, 3.63) is 35.4 Å². The molecule has 1 amide bonds. The van der Waals surface area contributed by atoms with Crippen LogP contribution in [-0.2, 0) is 30.6 Å². The zero-order valence-electron chi connectivity index (χ0n) is 14.1. The van der Waals surface area contributed by atoms with Crippen LogP contribution in [0, 0.1) is 5.92 Å². The molecule has 6 nitrogen and oxygen atoms in total. The van der Waals surface area contributed by atoms with E-state index in [1.807, 2.05) is 18.2 Å². The van der Waals surface area contributed by atoms with Crippen molar-refractivity contribution in [1.29, 1.82) is 0 Å². The largest absolute Gasteiger partial charge is 0.456 e. The van der Waals surface area contributed by atoms with Crippen LogP contribution in [0.15, 0.2) is 24.3 Å². The van der Waals surface area contributed by atoms with Gasteiger partial charge in [-0.2, -0.15) is 0 Å². The van der Waals surface area contributed by atoms with Gasteiger partial charge in [-0.1, -0.05) is 24.3 Å². The minimum absolute atomic E-state index is 0.0349. The second-order valence-corrected chi connectivity index (χ2v) is 9.07. The lowest BCUT2D eigenvalue weighted by Gasteiger charge is -2.26. The van der Waals surface area contributed by atoms with Crippen molar-refractivity contribution in [2.75, 3.05) is 18.1 Å². The molecule has 1 fully saturated rings. The number of amides is 1. The van der Waals surface area contributed by atoms with Gasteiger partial charge in [0.25, 0.3) is 5.91 Å². The van der Waals surface area contributed by atoms with Gasteiger partial charge in [0.2, 0.25) is 0 Å². The molecule has 0 radical (unpaired) electrons. The van der Waals surface area contributed by atoms with E-state index in [1.165, 1.54) is 5.56 Å². The Hall–Kier alpha value is -1.89. The molecule has 1 aliphatic heterocycles. The number of nitrogens with one attached hydrogen (secondary N) is 1. The number of carbonyl (C=O) groups excluding carboxylic acids is 2. The molecule has 1 aliphatic carbocycles. The normalized spacial score (nSPS) is 24.3. The number of sulfone groups is 1. The first-order valence-electron chi connectivity index (χ1n) is 8.66. The van der Waals surface area contributed by atoms with Gasteiger partial charge in [-0.15, -0.1) is 0 Å². The number of fused-ring (bicyclic) bond motifs is 1. The van der Waals surface area contributed by atoms with Crippen molar-refractivity contribution in [3.63, 3.8) is 0 Å². The van der Waals surface area contributed by atoms with Gasteiger partial charge in [0.05, 0.1) is 17.5 Å². The Morgan fingerprint density at radius 1 is 1.20 bits per heavy atom. The first-order chi connectivity index (χ1) is 11.9. The Labute approximate surface area is 147 Å². The highest BCUT2D eigenvalue weighted by Crippen LogP contribution is 2.29. The summed E-state index contributed by atoms with van der Waals surface area (Å²) in [6.07, 6.45) is 3.44. The summed E-state index contributed by atoms with van der Waals surface area (Å²) in [6, 6.07) is 8.00. The fraction of sp³-hybridized carbons (Fsp3) is 0.556. The van der Waals surface area contributed by atoms with Crippen LogP contribution < -0.4 is 5.32 Å². The monoisotopic (exact) mass is 365 g/mol. The number of rotatable bonds is 5. The van der Waals surface area contributed by atoms with Crippen LogP contribution in [-0.4, -0.2) is 38.4 Å². The summed E-state index contributed by atoms with van der Waals surface area (Å²) in [5.74, 6) is -0.860. The molecule has 2 atom stereocenters. The molecule has 3 rings (SSSR count). The fourth-order valence-corrected chi connectivity index (χ4v) is 5.48. The summed E-state index contributed by atoms with van der Waals surface area (Å²) in [7, 11) is -3.01. The summed E-state index contributed by atoms with van der Waals surface area (Å²) in [5.41, 5.74) is 2.38. The molecular formula is C18H23NO5S. The van der Waals surface area contributed by atoms with Crippen molar-refractivity contribution >= 4 is 21.7 Å². The maximum atomic E-state index is 12.1. The van der Waals surface area contributed by atoms with Crippen LogP contribution in [0.1, 0.15) is 42.9 Å². The quantitative estimate of drug-likeness (QED) is 0.800. The van der Waals surface area contributed by atoms with Crippen LogP contribution in [0.4, 0.5) is 0 Å². The predicted molar refractivity (Wildman–Crippen MR) is 92.6 cm³/mol. The second-order valence-electron chi connectivity index (χ2n) is 6.85. The Balaban J connectivity index is 1.45. The summed E-state index contributed by atoms with van der Waals surface area (Å²) < 4.78 is 27.8. The first kappa shape index (κ1) is 17.9. The van der Waals surface area contributed by atoms with Crippen molar-refractivity contribution < 1.29 is 22.7 Å². The molecule has 25 heavy (non-hydrogen) atoms. The summed E-state index contributed by atoms with van der Waals surface area (Å²) in [5, 5.41) is 2.93. The Kier molecular flexibility index (Phi) is 5.42. The predicted octanol–water partition coefficient (Wildman–Crippen LogP) is 1.55. The zero-order valence-corrected chi connectivity index (χ0v) is 14.9. The molecule has 1 heterocycles. The van der Waals surface area contributed by atoms with E-state index in [0.29, 0.717) is 6.42 Å². The number of benzene rings is 1. The highest BCUT2D eigenvalue weighted by Gasteiger charge is 2.30. The third-order valence-electron chi connectivity index (χ3n) is 4.85. The molecule has 1 N–H and O–H groups in total. The Morgan fingerprint density at radius 3 is 2.76 bits per heavy atom. The van der Waals surface area contributed by atoms with Gasteiger partial charge >= 0.3 is 5.97 Å². The highest BCUT2D eigenvalue weighted by molar-refractivity contribution is 7.91. The van der Waals surface area contributed by atoms with E-state index in [9.17, 15) is 18.0 Å². The van der Waals surface area contributed by atoms with Crippen LogP contribution in [0.3, 0.4) is 0 Å².